The van der Waals surface area contributed by atoms with Crippen molar-refractivity contribution in [3.63, 3.8) is 0 Å². The highest BCUT2D eigenvalue weighted by atomic mass is 16.5. The number of fused-ring (bicyclic) bond motifs is 2. The van der Waals surface area contributed by atoms with Gasteiger partial charge in [0.2, 0.25) is 12.1 Å². The molecule has 1 saturated heterocycles. The van der Waals surface area contributed by atoms with Crippen LogP contribution in [0.25, 0.3) is 0 Å². The van der Waals surface area contributed by atoms with Crippen LogP contribution in [-0.2, 0) is 14.3 Å². The molecule has 0 spiro atoms. The van der Waals surface area contributed by atoms with Gasteiger partial charge in [-0.3, -0.25) is 9.59 Å². The molecule has 21 heavy (non-hydrogen) atoms. The summed E-state index contributed by atoms with van der Waals surface area (Å²) in [7, 11) is 0. The lowest BCUT2D eigenvalue weighted by Gasteiger charge is -2.21. The number of ether oxygens (including phenoxy) is 1. The van der Waals surface area contributed by atoms with E-state index in [9.17, 15) is 14.5 Å². The number of allylic oxidation sites excluding steroid dienone is 3. The number of amides is 1. The lowest BCUT2D eigenvalue weighted by molar-refractivity contribution is -0.500. The van der Waals surface area contributed by atoms with Gasteiger partial charge in [-0.1, -0.05) is 12.2 Å². The van der Waals surface area contributed by atoms with Crippen molar-refractivity contribution >= 4 is 11.9 Å². The maximum atomic E-state index is 12.3. The SMILES string of the molecule is CCOC(=O)C1(C)C(=O)NC2=C3C=CC=CC3[N+](=O)C=C21. The summed E-state index contributed by atoms with van der Waals surface area (Å²) >= 11 is 0. The van der Waals surface area contributed by atoms with Crippen molar-refractivity contribution in [1.29, 1.82) is 0 Å². The zero-order chi connectivity index (χ0) is 15.2. The number of carbonyl (C=O) groups is 2. The Balaban J connectivity index is 2.14. The van der Waals surface area contributed by atoms with E-state index in [0.29, 0.717) is 16.8 Å². The summed E-state index contributed by atoms with van der Waals surface area (Å²) in [5, 5.41) is 2.73. The molecule has 2 unspecified atom stereocenters. The second-order valence-electron chi connectivity index (χ2n) is 5.22. The first-order chi connectivity index (χ1) is 10.00. The number of carbonyl (C=O) groups excluding carboxylic acids is 2. The monoisotopic (exact) mass is 287 g/mol. The third-order valence-corrected chi connectivity index (χ3v) is 4.00. The van der Waals surface area contributed by atoms with Crippen LogP contribution in [0.2, 0.25) is 0 Å². The first-order valence-corrected chi connectivity index (χ1v) is 6.76. The van der Waals surface area contributed by atoms with Gasteiger partial charge in [0.1, 0.15) is 0 Å². The Morgan fingerprint density at radius 3 is 2.95 bits per heavy atom. The Labute approximate surface area is 121 Å². The van der Waals surface area contributed by atoms with Gasteiger partial charge >= 0.3 is 5.97 Å². The minimum absolute atomic E-state index is 0.174. The molecule has 1 N–H and O–H groups in total. The number of esters is 1. The van der Waals surface area contributed by atoms with Gasteiger partial charge in [-0.2, -0.15) is 0 Å². The molecular weight excluding hydrogens is 272 g/mol. The smallest absolute Gasteiger partial charge is 0.326 e. The fourth-order valence-electron chi connectivity index (χ4n) is 2.77. The Morgan fingerprint density at radius 2 is 2.24 bits per heavy atom. The molecule has 0 aromatic carbocycles. The molecule has 1 fully saturated rings. The van der Waals surface area contributed by atoms with Crippen LogP contribution in [0.4, 0.5) is 0 Å². The number of nitrogens with one attached hydrogen (secondary N) is 1. The summed E-state index contributed by atoms with van der Waals surface area (Å²) in [5.41, 5.74) is 0.104. The second-order valence-corrected chi connectivity index (χ2v) is 5.22. The average Bonchev–Trinajstić information content (AvgIpc) is 2.74. The van der Waals surface area contributed by atoms with E-state index in [4.69, 9.17) is 4.74 Å². The molecule has 0 bridgehead atoms. The molecule has 0 aromatic heterocycles. The summed E-state index contributed by atoms with van der Waals surface area (Å²) < 4.78 is 5.76. The fourth-order valence-corrected chi connectivity index (χ4v) is 2.77. The van der Waals surface area contributed by atoms with Crippen LogP contribution in [0.1, 0.15) is 13.8 Å². The van der Waals surface area contributed by atoms with Crippen molar-refractivity contribution in [2.45, 2.75) is 19.9 Å². The van der Waals surface area contributed by atoms with Gasteiger partial charge < -0.3 is 10.1 Å². The zero-order valence-electron chi connectivity index (χ0n) is 11.8. The van der Waals surface area contributed by atoms with Gasteiger partial charge in [-0.05, 0) is 26.0 Å². The van der Waals surface area contributed by atoms with E-state index in [0.717, 1.165) is 4.76 Å². The summed E-state index contributed by atoms with van der Waals surface area (Å²) in [4.78, 5) is 36.7. The van der Waals surface area contributed by atoms with E-state index in [-0.39, 0.29) is 6.61 Å². The molecule has 0 aromatic rings. The Bertz CT molecular complexity index is 684. The van der Waals surface area contributed by atoms with Gasteiger partial charge in [0.05, 0.1) is 23.5 Å². The van der Waals surface area contributed by atoms with Crippen LogP contribution in [-0.4, -0.2) is 29.3 Å². The summed E-state index contributed by atoms with van der Waals surface area (Å²) in [6, 6.07) is -0.474. The maximum absolute atomic E-state index is 12.3. The molecule has 108 valence electrons. The molecule has 3 aliphatic rings. The molecule has 1 aliphatic carbocycles. The van der Waals surface area contributed by atoms with Crippen LogP contribution in [0.5, 0.6) is 0 Å². The van der Waals surface area contributed by atoms with Crippen LogP contribution in [0.15, 0.2) is 47.3 Å². The molecular formula is C15H15N2O4+. The van der Waals surface area contributed by atoms with Gasteiger partial charge in [0.25, 0.3) is 6.04 Å². The van der Waals surface area contributed by atoms with E-state index in [2.05, 4.69) is 5.32 Å². The predicted octanol–water partition coefficient (Wildman–Crippen LogP) is 1.11. The summed E-state index contributed by atoms with van der Waals surface area (Å²) in [6.07, 6.45) is 8.40. The van der Waals surface area contributed by atoms with E-state index in [1.807, 2.05) is 0 Å². The van der Waals surface area contributed by atoms with Crippen LogP contribution in [0.3, 0.4) is 0 Å². The molecule has 1 amide bonds. The van der Waals surface area contributed by atoms with Crippen molar-refractivity contribution in [3.05, 3.63) is 52.3 Å². The van der Waals surface area contributed by atoms with Gasteiger partial charge in [-0.15, -0.1) is 0 Å². The number of nitrogens with zero attached hydrogens (tertiary/aromatic N) is 1. The topological polar surface area (TPSA) is 75.5 Å². The van der Waals surface area contributed by atoms with Crippen LogP contribution >= 0.6 is 0 Å². The number of hydrogen-bond donors (Lipinski definition) is 1. The first-order valence-electron chi connectivity index (χ1n) is 6.76. The van der Waals surface area contributed by atoms with Crippen molar-refractivity contribution in [2.24, 2.45) is 5.41 Å². The van der Waals surface area contributed by atoms with Gasteiger partial charge in [-0.25, -0.2) is 0 Å². The van der Waals surface area contributed by atoms with Crippen molar-refractivity contribution < 1.29 is 19.1 Å². The molecule has 2 atom stereocenters. The Morgan fingerprint density at radius 1 is 1.48 bits per heavy atom. The molecule has 6 nitrogen and oxygen atoms in total. The molecule has 2 aliphatic heterocycles. The second kappa shape index (κ2) is 4.51. The van der Waals surface area contributed by atoms with Crippen molar-refractivity contribution in [2.75, 3.05) is 6.61 Å². The van der Waals surface area contributed by atoms with Gasteiger partial charge in [0, 0.05) is 9.67 Å². The third kappa shape index (κ3) is 1.72. The van der Waals surface area contributed by atoms with Crippen molar-refractivity contribution in [1.82, 2.24) is 5.32 Å². The lowest BCUT2D eigenvalue weighted by atomic mass is 9.80. The normalized spacial score (nSPS) is 29.8. The average molecular weight is 287 g/mol. The minimum Gasteiger partial charge on any atom is -0.465 e. The molecule has 0 saturated carbocycles. The molecule has 3 rings (SSSR count). The highest BCUT2D eigenvalue weighted by Crippen LogP contribution is 2.43. The van der Waals surface area contributed by atoms with Crippen molar-refractivity contribution in [3.8, 4) is 0 Å². The third-order valence-electron chi connectivity index (χ3n) is 4.00. The van der Waals surface area contributed by atoms with E-state index in [1.54, 1.807) is 31.2 Å². The minimum atomic E-state index is -1.49. The summed E-state index contributed by atoms with van der Waals surface area (Å²) in [5.74, 6) is -1.11. The number of nitroso groups, excluding NO2 is 1. The molecule has 6 heteroatoms. The molecule has 2 heterocycles. The van der Waals surface area contributed by atoms with Crippen LogP contribution < -0.4 is 5.32 Å². The van der Waals surface area contributed by atoms with E-state index < -0.39 is 23.3 Å². The van der Waals surface area contributed by atoms with E-state index >= 15 is 0 Å². The maximum Gasteiger partial charge on any atom is 0.326 e. The first kappa shape index (κ1) is 13.5. The highest BCUT2D eigenvalue weighted by Gasteiger charge is 2.57. The zero-order valence-corrected chi connectivity index (χ0v) is 11.8. The van der Waals surface area contributed by atoms with E-state index in [1.165, 1.54) is 13.1 Å². The fraction of sp³-hybridized carbons (Fsp3) is 0.333. The Kier molecular flexibility index (Phi) is 2.90. The molecule has 0 radical (unpaired) electrons. The number of hydrogen-bond acceptors (Lipinski definition) is 4. The predicted molar refractivity (Wildman–Crippen MR) is 73.7 cm³/mol. The standard InChI is InChI=1S/C15H14N2O4/c1-3-21-14(19)15(2)10-8-17(20)11-7-5-4-6-9(11)12(10)16-13(15)18/h4-8,11H,3H2,1-2H3/p+1. The number of rotatable bonds is 2. The highest BCUT2D eigenvalue weighted by molar-refractivity contribution is 6.10. The Hall–Kier alpha value is -2.50. The largest absolute Gasteiger partial charge is 0.465 e. The quantitative estimate of drug-likeness (QED) is 0.469. The van der Waals surface area contributed by atoms with Gasteiger partial charge in [0.15, 0.2) is 5.41 Å². The lowest BCUT2D eigenvalue weighted by Crippen LogP contribution is -2.38. The van der Waals surface area contributed by atoms with Crippen LogP contribution in [0, 0.1) is 10.3 Å². The summed E-state index contributed by atoms with van der Waals surface area (Å²) in [6.45, 7) is 3.33.